The molecule has 4 aromatic rings. The summed E-state index contributed by atoms with van der Waals surface area (Å²) in [6, 6.07) is 12.5. The van der Waals surface area contributed by atoms with E-state index in [1.807, 2.05) is 0 Å². The van der Waals surface area contributed by atoms with E-state index in [0.717, 1.165) is 5.56 Å². The molecule has 1 aliphatic heterocycles. The van der Waals surface area contributed by atoms with Crippen molar-refractivity contribution in [1.29, 1.82) is 0 Å². The van der Waals surface area contributed by atoms with Gasteiger partial charge in [-0.25, -0.2) is 5.10 Å². The number of rotatable bonds is 3. The Labute approximate surface area is 172 Å². The smallest absolute Gasteiger partial charge is 0.288 e. The zero-order valence-electron chi connectivity index (χ0n) is 15.0. The number of tetrazole rings is 1. The lowest BCUT2D eigenvalue weighted by Crippen LogP contribution is -2.29. The van der Waals surface area contributed by atoms with E-state index in [4.69, 9.17) is 11.6 Å². The monoisotopic (exact) mass is 422 g/mol. The summed E-state index contributed by atoms with van der Waals surface area (Å²) in [4.78, 5) is 23.4. The Morgan fingerprint density at radius 1 is 1.17 bits per heavy atom. The topological polar surface area (TPSA) is 145 Å². The minimum atomic E-state index is -0.604. The molecule has 0 saturated carbocycles. The molecule has 0 saturated heterocycles. The van der Waals surface area contributed by atoms with E-state index < -0.39 is 16.5 Å². The highest BCUT2D eigenvalue weighted by Gasteiger charge is 2.34. The van der Waals surface area contributed by atoms with Crippen LogP contribution in [0.25, 0.3) is 11.3 Å². The fourth-order valence-corrected chi connectivity index (χ4v) is 3.60. The number of aromatic amines is 1. The number of hydrogen-bond acceptors (Lipinski definition) is 8. The number of hydrogen-bond donors (Lipinski definition) is 2. The average Bonchev–Trinajstić information content (AvgIpc) is 3.22. The minimum Gasteiger partial charge on any atom is -0.318 e. The van der Waals surface area contributed by atoms with Gasteiger partial charge in [0.2, 0.25) is 5.95 Å². The van der Waals surface area contributed by atoms with Crippen molar-refractivity contribution in [1.82, 2.24) is 30.4 Å². The van der Waals surface area contributed by atoms with Crippen LogP contribution >= 0.6 is 11.6 Å². The first-order valence-electron chi connectivity index (χ1n) is 8.70. The van der Waals surface area contributed by atoms with E-state index in [9.17, 15) is 14.9 Å². The lowest BCUT2D eigenvalue weighted by molar-refractivity contribution is -0.384. The van der Waals surface area contributed by atoms with Crippen LogP contribution in [0, 0.1) is 10.1 Å². The normalized spacial score (nSPS) is 14.5. The number of nitrogens with one attached hydrogen (secondary N) is 2. The predicted molar refractivity (Wildman–Crippen MR) is 107 cm³/mol. The summed E-state index contributed by atoms with van der Waals surface area (Å²) in [6.07, 6.45) is 0. The molecule has 1 unspecified atom stereocenters. The third-order valence-corrected chi connectivity index (χ3v) is 5.04. The maximum absolute atomic E-state index is 12.6. The molecule has 0 aliphatic carbocycles. The molecule has 0 spiro atoms. The Bertz CT molecular complexity index is 1350. The number of nitro benzene ring substituents is 1. The van der Waals surface area contributed by atoms with Crippen molar-refractivity contribution in [2.45, 2.75) is 6.04 Å². The highest BCUT2D eigenvalue weighted by Crippen LogP contribution is 2.41. The third-order valence-electron chi connectivity index (χ3n) is 4.78. The Balaban J connectivity index is 1.80. The van der Waals surface area contributed by atoms with Crippen molar-refractivity contribution in [2.75, 3.05) is 5.32 Å². The summed E-state index contributed by atoms with van der Waals surface area (Å²) in [7, 11) is 0. The van der Waals surface area contributed by atoms with Crippen LogP contribution in [0.5, 0.6) is 0 Å². The molecule has 5 rings (SSSR count). The number of anilines is 2. The Hall–Kier alpha value is -4.12. The molecule has 0 amide bonds. The van der Waals surface area contributed by atoms with Crippen molar-refractivity contribution >= 4 is 28.9 Å². The second kappa shape index (κ2) is 6.74. The molecule has 2 aromatic heterocycles. The first-order valence-corrected chi connectivity index (χ1v) is 9.08. The number of benzene rings is 2. The highest BCUT2D eigenvalue weighted by atomic mass is 35.5. The van der Waals surface area contributed by atoms with E-state index in [0.29, 0.717) is 21.8 Å². The van der Waals surface area contributed by atoms with Crippen LogP contribution in [0.3, 0.4) is 0 Å². The van der Waals surface area contributed by atoms with E-state index in [1.54, 1.807) is 36.4 Å². The summed E-state index contributed by atoms with van der Waals surface area (Å²) in [6.45, 7) is 0. The Morgan fingerprint density at radius 3 is 2.73 bits per heavy atom. The van der Waals surface area contributed by atoms with Gasteiger partial charge in [-0.2, -0.15) is 9.78 Å². The van der Waals surface area contributed by atoms with Crippen molar-refractivity contribution in [2.24, 2.45) is 0 Å². The molecule has 12 heteroatoms. The number of non-ortho nitro benzene ring substituents is 1. The van der Waals surface area contributed by atoms with Gasteiger partial charge in [0.05, 0.1) is 10.6 Å². The van der Waals surface area contributed by atoms with Gasteiger partial charge in [-0.3, -0.25) is 14.9 Å². The standard InChI is InChI=1S/C18H11ClN8O3/c19-11-6-4-9(5-7-11)16-13-14(10-2-1-3-12(8-10)27(29)30)21-22-17(28)15(13)20-18-23-24-25-26(16)18/h1-8,16H,(H,22,28)(H,20,23,25). The zero-order chi connectivity index (χ0) is 20.8. The van der Waals surface area contributed by atoms with Crippen molar-refractivity contribution < 1.29 is 4.92 Å². The van der Waals surface area contributed by atoms with Gasteiger partial charge in [0, 0.05) is 28.3 Å². The van der Waals surface area contributed by atoms with Crippen LogP contribution in [0.15, 0.2) is 53.3 Å². The molecular weight excluding hydrogens is 412 g/mol. The molecular formula is C18H11ClN8O3. The summed E-state index contributed by atoms with van der Waals surface area (Å²) in [5.41, 5.74) is 1.73. The van der Waals surface area contributed by atoms with Crippen LogP contribution in [0.1, 0.15) is 17.2 Å². The van der Waals surface area contributed by atoms with Crippen LogP contribution in [-0.4, -0.2) is 35.3 Å². The molecule has 11 nitrogen and oxygen atoms in total. The molecule has 2 aromatic carbocycles. The maximum Gasteiger partial charge on any atom is 0.288 e. The van der Waals surface area contributed by atoms with Gasteiger partial charge in [0.25, 0.3) is 11.2 Å². The molecule has 0 radical (unpaired) electrons. The van der Waals surface area contributed by atoms with E-state index in [1.165, 1.54) is 16.8 Å². The van der Waals surface area contributed by atoms with Crippen molar-refractivity contribution in [3.05, 3.63) is 85.1 Å². The number of H-pyrrole nitrogens is 1. The van der Waals surface area contributed by atoms with Gasteiger partial charge < -0.3 is 5.32 Å². The largest absolute Gasteiger partial charge is 0.318 e. The lowest BCUT2D eigenvalue weighted by Gasteiger charge is -2.27. The molecule has 3 heterocycles. The van der Waals surface area contributed by atoms with Crippen LogP contribution in [0.4, 0.5) is 17.3 Å². The van der Waals surface area contributed by atoms with Crippen molar-refractivity contribution in [3.8, 4) is 11.3 Å². The highest BCUT2D eigenvalue weighted by molar-refractivity contribution is 6.30. The predicted octanol–water partition coefficient (Wildman–Crippen LogP) is 2.68. The molecule has 1 aliphatic rings. The quantitative estimate of drug-likeness (QED) is 0.333. The average molecular weight is 423 g/mol. The first kappa shape index (κ1) is 17.9. The van der Waals surface area contributed by atoms with Gasteiger partial charge in [-0.05, 0) is 28.1 Å². The number of aromatic nitrogens is 6. The van der Waals surface area contributed by atoms with Gasteiger partial charge in [0.15, 0.2) is 0 Å². The SMILES string of the molecule is O=c1[nH]nc(-c2cccc([N+](=O)[O-])c2)c2c1Nc1nnnn1C2c1ccc(Cl)cc1. The summed E-state index contributed by atoms with van der Waals surface area (Å²) in [5.74, 6) is 0.282. The zero-order valence-corrected chi connectivity index (χ0v) is 15.7. The van der Waals surface area contributed by atoms with Crippen LogP contribution in [-0.2, 0) is 0 Å². The molecule has 2 N–H and O–H groups in total. The summed E-state index contributed by atoms with van der Waals surface area (Å²) in [5, 5.41) is 33.1. The van der Waals surface area contributed by atoms with E-state index in [2.05, 4.69) is 31.0 Å². The van der Waals surface area contributed by atoms with Gasteiger partial charge in [0.1, 0.15) is 11.7 Å². The second-order valence-corrected chi connectivity index (χ2v) is 6.96. The molecule has 0 fully saturated rings. The fraction of sp³-hybridized carbons (Fsp3) is 0.0556. The van der Waals surface area contributed by atoms with E-state index >= 15 is 0 Å². The second-order valence-electron chi connectivity index (χ2n) is 6.52. The maximum atomic E-state index is 12.6. The third kappa shape index (κ3) is 2.79. The molecule has 1 atom stereocenters. The van der Waals surface area contributed by atoms with Crippen molar-refractivity contribution in [3.63, 3.8) is 0 Å². The number of fused-ring (bicyclic) bond motifs is 2. The van der Waals surface area contributed by atoms with Crippen LogP contribution < -0.4 is 10.9 Å². The molecule has 0 bridgehead atoms. The van der Waals surface area contributed by atoms with Gasteiger partial charge in [-0.15, -0.1) is 0 Å². The number of nitro groups is 1. The summed E-state index contributed by atoms with van der Waals surface area (Å²) >= 11 is 6.04. The lowest BCUT2D eigenvalue weighted by atomic mass is 9.92. The van der Waals surface area contributed by atoms with Gasteiger partial charge >= 0.3 is 0 Å². The fourth-order valence-electron chi connectivity index (χ4n) is 3.48. The number of nitrogens with zero attached hydrogens (tertiary/aromatic N) is 6. The molecule has 30 heavy (non-hydrogen) atoms. The first-order chi connectivity index (χ1) is 14.5. The minimum absolute atomic E-state index is 0.0934. The summed E-state index contributed by atoms with van der Waals surface area (Å²) < 4.78 is 1.52. The Morgan fingerprint density at radius 2 is 1.97 bits per heavy atom. The van der Waals surface area contributed by atoms with Crippen LogP contribution in [0.2, 0.25) is 5.02 Å². The molecule has 148 valence electrons. The number of halogens is 1. The van der Waals surface area contributed by atoms with E-state index in [-0.39, 0.29) is 17.3 Å². The van der Waals surface area contributed by atoms with Gasteiger partial charge in [-0.1, -0.05) is 41.0 Å². The Kier molecular flexibility index (Phi) is 4.03.